The Hall–Kier alpha value is -2.38. The van der Waals surface area contributed by atoms with E-state index in [2.05, 4.69) is 23.3 Å². The van der Waals surface area contributed by atoms with Crippen LogP contribution >= 0.6 is 12.6 Å². The molecule has 0 aliphatic rings. The van der Waals surface area contributed by atoms with Gasteiger partial charge in [-0.05, 0) is 5.92 Å². The summed E-state index contributed by atoms with van der Waals surface area (Å²) in [5.74, 6) is -5.94. The van der Waals surface area contributed by atoms with Crippen molar-refractivity contribution < 1.29 is 39.3 Å². The molecule has 3 amide bonds. The SMILES string of the molecule is CCC(C)C(N)C(=O)NC(CS)C(=O)NC(CC(=O)O)C(=O)NC(CO)C(=O)O. The molecule has 0 aliphatic heterocycles. The Morgan fingerprint density at radius 1 is 0.931 bits per heavy atom. The van der Waals surface area contributed by atoms with Gasteiger partial charge in [0.05, 0.1) is 19.1 Å². The van der Waals surface area contributed by atoms with Crippen molar-refractivity contribution in [2.75, 3.05) is 12.4 Å². The highest BCUT2D eigenvalue weighted by Crippen LogP contribution is 2.06. The predicted octanol–water partition coefficient (Wildman–Crippen LogP) is -2.70. The number of nitrogens with one attached hydrogen (secondary N) is 3. The Bertz CT molecular complexity index is 618. The number of carboxylic acid groups (broad SMARTS) is 2. The minimum Gasteiger partial charge on any atom is -0.481 e. The van der Waals surface area contributed by atoms with Crippen molar-refractivity contribution in [2.24, 2.45) is 11.7 Å². The number of hydrogen-bond donors (Lipinski definition) is 8. The molecule has 0 heterocycles. The van der Waals surface area contributed by atoms with Crippen LogP contribution in [0.15, 0.2) is 0 Å². The molecule has 0 aliphatic carbocycles. The fourth-order valence-corrected chi connectivity index (χ4v) is 2.35. The third-order valence-corrected chi connectivity index (χ3v) is 4.55. The molecule has 5 atom stereocenters. The van der Waals surface area contributed by atoms with E-state index in [0.29, 0.717) is 6.42 Å². The number of rotatable bonds is 13. The van der Waals surface area contributed by atoms with E-state index in [1.807, 2.05) is 12.2 Å². The molecule has 8 N–H and O–H groups in total. The number of aliphatic hydroxyl groups excluding tert-OH is 1. The average Bonchev–Trinajstić information content (AvgIpc) is 2.66. The van der Waals surface area contributed by atoms with E-state index in [1.165, 1.54) is 0 Å². The summed E-state index contributed by atoms with van der Waals surface area (Å²) in [6.45, 7) is 2.66. The van der Waals surface area contributed by atoms with Crippen molar-refractivity contribution in [3.05, 3.63) is 0 Å². The summed E-state index contributed by atoms with van der Waals surface area (Å²) in [5, 5.41) is 33.2. The Labute approximate surface area is 173 Å². The van der Waals surface area contributed by atoms with Crippen LogP contribution in [-0.4, -0.2) is 81.5 Å². The van der Waals surface area contributed by atoms with Gasteiger partial charge in [0, 0.05) is 5.75 Å². The molecule has 0 saturated carbocycles. The molecule has 13 heteroatoms. The van der Waals surface area contributed by atoms with Crippen LogP contribution in [0.3, 0.4) is 0 Å². The van der Waals surface area contributed by atoms with Crippen LogP contribution in [0.4, 0.5) is 0 Å². The standard InChI is InChI=1S/C16H28N4O8S/c1-3-7(2)12(17)15(26)20-10(6-29)14(25)18-8(4-11(22)23)13(24)19-9(5-21)16(27)28/h7-10,12,21,29H,3-6,17H2,1-2H3,(H,18,25)(H,19,24)(H,20,26)(H,22,23)(H,27,28). The number of amides is 3. The molecular weight excluding hydrogens is 408 g/mol. The van der Waals surface area contributed by atoms with Crippen molar-refractivity contribution in [3.8, 4) is 0 Å². The van der Waals surface area contributed by atoms with E-state index in [1.54, 1.807) is 6.92 Å². The molecule has 0 rings (SSSR count). The fraction of sp³-hybridized carbons (Fsp3) is 0.688. The van der Waals surface area contributed by atoms with Crippen molar-refractivity contribution in [1.29, 1.82) is 0 Å². The molecule has 0 aromatic carbocycles. The Kier molecular flexibility index (Phi) is 11.9. The van der Waals surface area contributed by atoms with Gasteiger partial charge in [-0.25, -0.2) is 4.79 Å². The summed E-state index contributed by atoms with van der Waals surface area (Å²) in [7, 11) is 0. The van der Waals surface area contributed by atoms with Crippen LogP contribution in [0.25, 0.3) is 0 Å². The van der Waals surface area contributed by atoms with Gasteiger partial charge in [0.25, 0.3) is 0 Å². The number of nitrogens with two attached hydrogens (primary N) is 1. The second-order valence-electron chi connectivity index (χ2n) is 6.40. The molecule has 0 bridgehead atoms. The highest BCUT2D eigenvalue weighted by atomic mass is 32.1. The van der Waals surface area contributed by atoms with Crippen LogP contribution in [-0.2, 0) is 24.0 Å². The zero-order chi connectivity index (χ0) is 22.7. The molecule has 0 radical (unpaired) electrons. The third-order valence-electron chi connectivity index (χ3n) is 4.18. The molecule has 0 saturated heterocycles. The summed E-state index contributed by atoms with van der Waals surface area (Å²) in [4.78, 5) is 58.6. The average molecular weight is 436 g/mol. The molecule has 0 aromatic rings. The van der Waals surface area contributed by atoms with Gasteiger partial charge >= 0.3 is 11.9 Å². The third kappa shape index (κ3) is 9.11. The van der Waals surface area contributed by atoms with Gasteiger partial charge in [-0.1, -0.05) is 20.3 Å². The number of hydrogen-bond acceptors (Lipinski definition) is 8. The van der Waals surface area contributed by atoms with Crippen LogP contribution in [0.1, 0.15) is 26.7 Å². The first-order chi connectivity index (χ1) is 13.5. The second-order valence-corrected chi connectivity index (χ2v) is 6.76. The predicted molar refractivity (Wildman–Crippen MR) is 104 cm³/mol. The molecule has 0 aromatic heterocycles. The summed E-state index contributed by atoms with van der Waals surface area (Å²) >= 11 is 3.97. The lowest BCUT2D eigenvalue weighted by Gasteiger charge is -2.24. The van der Waals surface area contributed by atoms with E-state index in [9.17, 15) is 24.0 Å². The lowest BCUT2D eigenvalue weighted by molar-refractivity contribution is -0.144. The number of thiol groups is 1. The van der Waals surface area contributed by atoms with E-state index < -0.39 is 66.9 Å². The largest absolute Gasteiger partial charge is 0.481 e. The topological polar surface area (TPSA) is 208 Å². The van der Waals surface area contributed by atoms with Gasteiger partial charge < -0.3 is 37.0 Å². The summed E-state index contributed by atoms with van der Waals surface area (Å²) in [5.41, 5.74) is 5.80. The minimum atomic E-state index is -1.68. The van der Waals surface area contributed by atoms with E-state index in [4.69, 9.17) is 21.1 Å². The fourth-order valence-electron chi connectivity index (χ4n) is 2.09. The van der Waals surface area contributed by atoms with E-state index in [-0.39, 0.29) is 11.7 Å². The lowest BCUT2D eigenvalue weighted by atomic mass is 9.99. The Morgan fingerprint density at radius 2 is 1.41 bits per heavy atom. The zero-order valence-corrected chi connectivity index (χ0v) is 17.0. The number of carbonyl (C=O) groups is 5. The molecule has 5 unspecified atom stereocenters. The number of aliphatic hydroxyl groups is 1. The molecule has 29 heavy (non-hydrogen) atoms. The van der Waals surface area contributed by atoms with Crippen LogP contribution < -0.4 is 21.7 Å². The normalized spacial score (nSPS) is 15.9. The number of aliphatic carboxylic acids is 2. The van der Waals surface area contributed by atoms with Crippen molar-refractivity contribution >= 4 is 42.3 Å². The quantitative estimate of drug-likeness (QED) is 0.141. The van der Waals surface area contributed by atoms with Gasteiger partial charge in [-0.3, -0.25) is 19.2 Å². The second kappa shape index (κ2) is 13.0. The number of carbonyl (C=O) groups excluding carboxylic acids is 3. The first kappa shape index (κ1) is 26.6. The Balaban J connectivity index is 5.22. The first-order valence-corrected chi connectivity index (χ1v) is 9.44. The maximum Gasteiger partial charge on any atom is 0.328 e. The summed E-state index contributed by atoms with van der Waals surface area (Å²) in [6, 6.07) is -5.41. The highest BCUT2D eigenvalue weighted by molar-refractivity contribution is 7.80. The maximum absolute atomic E-state index is 12.4. The molecule has 166 valence electrons. The van der Waals surface area contributed by atoms with Crippen LogP contribution in [0.2, 0.25) is 0 Å². The molecular formula is C16H28N4O8S. The van der Waals surface area contributed by atoms with Gasteiger partial charge in [0.1, 0.15) is 18.1 Å². The molecule has 0 fully saturated rings. The first-order valence-electron chi connectivity index (χ1n) is 8.81. The monoisotopic (exact) mass is 436 g/mol. The van der Waals surface area contributed by atoms with E-state index in [0.717, 1.165) is 0 Å². The van der Waals surface area contributed by atoms with Gasteiger partial charge in [-0.2, -0.15) is 12.6 Å². The van der Waals surface area contributed by atoms with Crippen molar-refractivity contribution in [3.63, 3.8) is 0 Å². The van der Waals surface area contributed by atoms with Gasteiger partial charge in [0.2, 0.25) is 17.7 Å². The highest BCUT2D eigenvalue weighted by Gasteiger charge is 2.31. The number of carboxylic acids is 2. The van der Waals surface area contributed by atoms with Crippen LogP contribution in [0.5, 0.6) is 0 Å². The summed E-state index contributed by atoms with van der Waals surface area (Å²) in [6.07, 6.45) is -0.224. The summed E-state index contributed by atoms with van der Waals surface area (Å²) < 4.78 is 0. The minimum absolute atomic E-state index is 0.157. The smallest absolute Gasteiger partial charge is 0.328 e. The van der Waals surface area contributed by atoms with E-state index >= 15 is 0 Å². The van der Waals surface area contributed by atoms with Crippen LogP contribution in [0, 0.1) is 5.92 Å². The lowest BCUT2D eigenvalue weighted by Crippen LogP contribution is -2.58. The Morgan fingerprint density at radius 3 is 1.83 bits per heavy atom. The van der Waals surface area contributed by atoms with Crippen molar-refractivity contribution in [2.45, 2.75) is 50.9 Å². The maximum atomic E-state index is 12.4. The van der Waals surface area contributed by atoms with Crippen molar-refractivity contribution in [1.82, 2.24) is 16.0 Å². The molecule has 0 spiro atoms. The van der Waals surface area contributed by atoms with Gasteiger partial charge in [0.15, 0.2) is 0 Å². The molecule has 12 nitrogen and oxygen atoms in total. The zero-order valence-electron chi connectivity index (χ0n) is 16.1. The van der Waals surface area contributed by atoms with Gasteiger partial charge in [-0.15, -0.1) is 0 Å².